The van der Waals surface area contributed by atoms with Gasteiger partial charge in [-0.25, -0.2) is 4.68 Å². The minimum atomic E-state index is -0.528. The Labute approximate surface area is 155 Å². The first-order valence-electron chi connectivity index (χ1n) is 8.20. The summed E-state index contributed by atoms with van der Waals surface area (Å²) >= 11 is 0. The summed E-state index contributed by atoms with van der Waals surface area (Å²) in [4.78, 5) is 36.1. The number of nitro benzene ring substituents is 1. The van der Waals surface area contributed by atoms with Gasteiger partial charge in [0.1, 0.15) is 6.54 Å². The van der Waals surface area contributed by atoms with E-state index in [0.29, 0.717) is 5.69 Å². The highest BCUT2D eigenvalue weighted by molar-refractivity contribution is 5.94. The Balaban J connectivity index is 2.20. The van der Waals surface area contributed by atoms with Crippen LogP contribution >= 0.6 is 0 Å². The summed E-state index contributed by atoms with van der Waals surface area (Å²) in [7, 11) is 1.49. The number of rotatable bonds is 9. The Morgan fingerprint density at radius 1 is 1.33 bits per heavy atom. The molecule has 0 aliphatic carbocycles. The van der Waals surface area contributed by atoms with Crippen LogP contribution in [-0.4, -0.2) is 64.9 Å². The number of carbonyl (C=O) groups excluding carboxylic acids is 2. The minimum absolute atomic E-state index is 0.0834. The fourth-order valence-electron chi connectivity index (χ4n) is 2.31. The fourth-order valence-corrected chi connectivity index (χ4v) is 2.31. The maximum atomic E-state index is 12.7. The first kappa shape index (κ1) is 20.0. The molecule has 10 heteroatoms. The van der Waals surface area contributed by atoms with Gasteiger partial charge in [0.05, 0.1) is 23.8 Å². The number of nitrogens with zero attached hydrogens (tertiary/aromatic N) is 4. The maximum absolute atomic E-state index is 12.7. The van der Waals surface area contributed by atoms with Gasteiger partial charge < -0.3 is 14.4 Å². The Kier molecular flexibility index (Phi) is 7.00. The monoisotopic (exact) mass is 376 g/mol. The Bertz CT molecular complexity index is 819. The van der Waals surface area contributed by atoms with Crippen LogP contribution in [-0.2, 0) is 14.3 Å². The lowest BCUT2D eigenvalue weighted by Gasteiger charge is -2.20. The first-order chi connectivity index (χ1) is 13.0. The lowest BCUT2D eigenvalue weighted by molar-refractivity contribution is -0.384. The number of benzene rings is 1. The second-order valence-electron chi connectivity index (χ2n) is 5.45. The highest BCUT2D eigenvalue weighted by atomic mass is 16.6. The zero-order valence-electron chi connectivity index (χ0n) is 15.0. The Morgan fingerprint density at radius 3 is 2.78 bits per heavy atom. The van der Waals surface area contributed by atoms with Crippen LogP contribution in [0.3, 0.4) is 0 Å². The number of amides is 1. The number of nitro groups is 1. The summed E-state index contributed by atoms with van der Waals surface area (Å²) in [6.45, 7) is 2.11. The van der Waals surface area contributed by atoms with E-state index in [-0.39, 0.29) is 37.7 Å². The molecule has 10 nitrogen and oxygen atoms in total. The number of methoxy groups -OCH3 is 1. The van der Waals surface area contributed by atoms with Gasteiger partial charge in [-0.2, -0.15) is 5.10 Å². The van der Waals surface area contributed by atoms with Crippen molar-refractivity contribution in [2.75, 3.05) is 33.4 Å². The summed E-state index contributed by atoms with van der Waals surface area (Å²) < 4.78 is 11.2. The van der Waals surface area contributed by atoms with Gasteiger partial charge in [0.2, 0.25) is 0 Å². The Hall–Kier alpha value is -3.27. The van der Waals surface area contributed by atoms with Gasteiger partial charge >= 0.3 is 5.97 Å². The molecule has 1 heterocycles. The number of aromatic nitrogens is 2. The van der Waals surface area contributed by atoms with Crippen LogP contribution in [0.25, 0.3) is 5.69 Å². The van der Waals surface area contributed by atoms with Crippen molar-refractivity contribution in [1.29, 1.82) is 0 Å². The van der Waals surface area contributed by atoms with Crippen molar-refractivity contribution in [3.63, 3.8) is 0 Å². The van der Waals surface area contributed by atoms with Gasteiger partial charge in [-0.05, 0) is 19.1 Å². The van der Waals surface area contributed by atoms with Gasteiger partial charge in [-0.3, -0.25) is 19.7 Å². The number of carbonyl (C=O) groups is 2. The molecular weight excluding hydrogens is 356 g/mol. The molecule has 0 bridgehead atoms. The molecule has 0 spiro atoms. The molecule has 0 unspecified atom stereocenters. The van der Waals surface area contributed by atoms with E-state index in [1.165, 1.54) is 47.2 Å². The van der Waals surface area contributed by atoms with Gasteiger partial charge in [0, 0.05) is 32.0 Å². The lowest BCUT2D eigenvalue weighted by Crippen LogP contribution is -2.39. The van der Waals surface area contributed by atoms with Gasteiger partial charge in [0.25, 0.3) is 11.6 Å². The van der Waals surface area contributed by atoms with Crippen LogP contribution < -0.4 is 0 Å². The predicted octanol–water partition coefficient (Wildman–Crippen LogP) is 1.43. The largest absolute Gasteiger partial charge is 0.465 e. The van der Waals surface area contributed by atoms with Gasteiger partial charge in [0.15, 0.2) is 5.69 Å². The molecule has 1 aromatic heterocycles. The molecule has 0 N–H and O–H groups in total. The van der Waals surface area contributed by atoms with Crippen molar-refractivity contribution in [3.8, 4) is 5.69 Å². The molecule has 0 saturated heterocycles. The molecule has 27 heavy (non-hydrogen) atoms. The minimum Gasteiger partial charge on any atom is -0.465 e. The van der Waals surface area contributed by atoms with E-state index < -0.39 is 16.8 Å². The zero-order chi connectivity index (χ0) is 19.8. The molecule has 2 aromatic rings. The van der Waals surface area contributed by atoms with E-state index in [4.69, 9.17) is 9.47 Å². The van der Waals surface area contributed by atoms with Gasteiger partial charge in [-0.1, -0.05) is 6.07 Å². The standard InChI is InChI=1S/C17H20N4O6/c1-3-27-16(22)12-19(9-10-26-2)17(23)15-7-8-20(18-15)13-5-4-6-14(11-13)21(24)25/h4-8,11H,3,9-10,12H2,1-2H3. The topological polar surface area (TPSA) is 117 Å². The summed E-state index contributed by atoms with van der Waals surface area (Å²) in [6.07, 6.45) is 1.52. The van der Waals surface area contributed by atoms with E-state index >= 15 is 0 Å². The molecule has 1 amide bonds. The molecule has 0 aliphatic rings. The average molecular weight is 376 g/mol. The number of non-ortho nitro benzene ring substituents is 1. The van der Waals surface area contributed by atoms with Crippen LogP contribution in [0.2, 0.25) is 0 Å². The predicted molar refractivity (Wildman–Crippen MR) is 94.6 cm³/mol. The second-order valence-corrected chi connectivity index (χ2v) is 5.45. The third kappa shape index (κ3) is 5.35. The maximum Gasteiger partial charge on any atom is 0.325 e. The highest BCUT2D eigenvalue weighted by Gasteiger charge is 2.22. The number of ether oxygens (including phenoxy) is 2. The third-order valence-electron chi connectivity index (χ3n) is 3.59. The molecule has 0 saturated carbocycles. The SMILES string of the molecule is CCOC(=O)CN(CCOC)C(=O)c1ccn(-c2cccc([N+](=O)[O-])c2)n1. The lowest BCUT2D eigenvalue weighted by atomic mass is 10.3. The molecule has 2 rings (SSSR count). The number of hydrogen-bond acceptors (Lipinski definition) is 7. The van der Waals surface area contributed by atoms with Crippen LogP contribution in [0.4, 0.5) is 5.69 Å². The van der Waals surface area contributed by atoms with Crippen LogP contribution in [0.15, 0.2) is 36.5 Å². The molecule has 1 aromatic carbocycles. The number of hydrogen-bond donors (Lipinski definition) is 0. The van der Waals surface area contributed by atoms with E-state index in [9.17, 15) is 19.7 Å². The average Bonchev–Trinajstić information content (AvgIpc) is 3.15. The summed E-state index contributed by atoms with van der Waals surface area (Å²) in [5.41, 5.74) is 0.457. The molecule has 0 aliphatic heterocycles. The van der Waals surface area contributed by atoms with Crippen LogP contribution in [0.5, 0.6) is 0 Å². The summed E-state index contributed by atoms with van der Waals surface area (Å²) in [5, 5.41) is 15.1. The zero-order valence-corrected chi connectivity index (χ0v) is 15.0. The fraction of sp³-hybridized carbons (Fsp3) is 0.353. The van der Waals surface area contributed by atoms with Crippen molar-refractivity contribution >= 4 is 17.6 Å². The van der Waals surface area contributed by atoms with E-state index in [2.05, 4.69) is 5.10 Å². The van der Waals surface area contributed by atoms with Crippen molar-refractivity contribution in [3.05, 3.63) is 52.3 Å². The molecule has 0 fully saturated rings. The number of esters is 1. The highest BCUT2D eigenvalue weighted by Crippen LogP contribution is 2.16. The van der Waals surface area contributed by atoms with E-state index in [0.717, 1.165) is 0 Å². The van der Waals surface area contributed by atoms with Crippen LogP contribution in [0, 0.1) is 10.1 Å². The summed E-state index contributed by atoms with van der Waals surface area (Å²) in [6, 6.07) is 7.36. The van der Waals surface area contributed by atoms with E-state index in [1.807, 2.05) is 0 Å². The van der Waals surface area contributed by atoms with Crippen molar-refractivity contribution in [2.45, 2.75) is 6.92 Å². The Morgan fingerprint density at radius 2 is 2.11 bits per heavy atom. The molecule has 0 radical (unpaired) electrons. The molecular formula is C17H20N4O6. The van der Waals surface area contributed by atoms with Crippen molar-refractivity contribution < 1.29 is 24.0 Å². The van der Waals surface area contributed by atoms with Crippen molar-refractivity contribution in [1.82, 2.24) is 14.7 Å². The summed E-state index contributed by atoms with van der Waals surface area (Å²) in [5.74, 6) is -0.996. The van der Waals surface area contributed by atoms with Crippen molar-refractivity contribution in [2.24, 2.45) is 0 Å². The van der Waals surface area contributed by atoms with Crippen LogP contribution in [0.1, 0.15) is 17.4 Å². The molecule has 0 atom stereocenters. The quantitative estimate of drug-likeness (QED) is 0.369. The smallest absolute Gasteiger partial charge is 0.325 e. The first-order valence-corrected chi connectivity index (χ1v) is 8.20. The van der Waals surface area contributed by atoms with E-state index in [1.54, 1.807) is 13.0 Å². The van der Waals surface area contributed by atoms with Gasteiger partial charge in [-0.15, -0.1) is 0 Å². The second kappa shape index (κ2) is 9.43. The third-order valence-corrected chi connectivity index (χ3v) is 3.59. The molecule has 144 valence electrons. The normalized spacial score (nSPS) is 10.4.